The summed E-state index contributed by atoms with van der Waals surface area (Å²) in [6, 6.07) is 25.4. The van der Waals surface area contributed by atoms with E-state index in [1.807, 2.05) is 6.07 Å². The van der Waals surface area contributed by atoms with Crippen LogP contribution in [0.25, 0.3) is 16.7 Å². The number of hydrogen-bond acceptors (Lipinski definition) is 3. The molecule has 2 aliphatic rings. The molecule has 4 heteroatoms. The molecule has 0 atom stereocenters. The van der Waals surface area contributed by atoms with Crippen molar-refractivity contribution in [2.45, 2.75) is 26.4 Å². The number of hydrogen-bond donors (Lipinski definition) is 0. The summed E-state index contributed by atoms with van der Waals surface area (Å²) in [6.07, 6.45) is 2.08. The third-order valence-corrected chi connectivity index (χ3v) is 7.15. The molecule has 3 aromatic carbocycles. The van der Waals surface area contributed by atoms with Gasteiger partial charge in [0.05, 0.1) is 5.92 Å². The molecule has 0 saturated carbocycles. The first-order chi connectivity index (χ1) is 16.1. The highest BCUT2D eigenvalue weighted by Gasteiger charge is 2.32. The number of benzene rings is 3. The van der Waals surface area contributed by atoms with E-state index in [0.717, 1.165) is 43.8 Å². The number of halogens is 1. The maximum Gasteiger partial charge on any atom is 0.227 e. The van der Waals surface area contributed by atoms with E-state index in [9.17, 15) is 4.79 Å². The maximum absolute atomic E-state index is 11.3. The Morgan fingerprint density at radius 2 is 1.76 bits per heavy atom. The summed E-state index contributed by atoms with van der Waals surface area (Å²) < 4.78 is 6.17. The van der Waals surface area contributed by atoms with Crippen molar-refractivity contribution in [2.24, 2.45) is 5.92 Å². The SMILES string of the molecule is CC1=C(CN2CC(C(=O)Cl)C2)CCc2cc(OCc3cccc(-c4ccccc4)c3)ccc21. The third-order valence-electron chi connectivity index (χ3n) is 6.84. The molecule has 0 bridgehead atoms. The zero-order valence-electron chi connectivity index (χ0n) is 18.9. The molecule has 1 aliphatic heterocycles. The minimum Gasteiger partial charge on any atom is -0.489 e. The number of likely N-dealkylation sites (tertiary alicyclic amines) is 1. The molecule has 1 fully saturated rings. The molecule has 0 radical (unpaired) electrons. The van der Waals surface area contributed by atoms with Crippen molar-refractivity contribution >= 4 is 22.4 Å². The first-order valence-corrected chi connectivity index (χ1v) is 12.0. The summed E-state index contributed by atoms with van der Waals surface area (Å²) >= 11 is 5.61. The number of rotatable bonds is 7. The second-order valence-electron chi connectivity index (χ2n) is 9.10. The Bertz CT molecular complexity index is 1200. The lowest BCUT2D eigenvalue weighted by atomic mass is 9.85. The zero-order valence-corrected chi connectivity index (χ0v) is 19.6. The van der Waals surface area contributed by atoms with Crippen LogP contribution < -0.4 is 4.74 Å². The van der Waals surface area contributed by atoms with E-state index in [1.165, 1.54) is 33.4 Å². The van der Waals surface area contributed by atoms with Crippen LogP contribution in [0.4, 0.5) is 0 Å². The summed E-state index contributed by atoms with van der Waals surface area (Å²) in [6.45, 7) is 5.26. The van der Waals surface area contributed by atoms with E-state index in [4.69, 9.17) is 16.3 Å². The number of carbonyl (C=O) groups is 1. The van der Waals surface area contributed by atoms with Crippen LogP contribution in [0.3, 0.4) is 0 Å². The van der Waals surface area contributed by atoms with Crippen molar-refractivity contribution in [3.05, 3.63) is 95.1 Å². The smallest absolute Gasteiger partial charge is 0.227 e. The molecule has 5 rings (SSSR count). The van der Waals surface area contributed by atoms with Gasteiger partial charge in [0.1, 0.15) is 12.4 Å². The fourth-order valence-electron chi connectivity index (χ4n) is 4.84. The number of carbonyl (C=O) groups excluding carboxylic acids is 1. The van der Waals surface area contributed by atoms with Gasteiger partial charge in [0, 0.05) is 19.6 Å². The first kappa shape index (κ1) is 21.9. The molecule has 1 aliphatic carbocycles. The molecule has 3 nitrogen and oxygen atoms in total. The van der Waals surface area contributed by atoms with Gasteiger partial charge in [0.25, 0.3) is 0 Å². The number of allylic oxidation sites excluding steroid dienone is 1. The van der Waals surface area contributed by atoms with Gasteiger partial charge in [-0.3, -0.25) is 9.69 Å². The Kier molecular flexibility index (Phi) is 6.34. The molecular formula is C29H28ClNO2. The Morgan fingerprint density at radius 3 is 2.55 bits per heavy atom. The molecule has 0 aromatic heterocycles. The standard InChI is InChI=1S/C29H28ClNO2/c1-20-25(16-31-17-26(18-31)29(30)32)11-10-24-15-27(12-13-28(20)24)33-19-21-6-5-9-23(14-21)22-7-3-2-4-8-22/h2-9,12-15,26H,10-11,16-19H2,1H3. The summed E-state index contributed by atoms with van der Waals surface area (Å²) in [4.78, 5) is 13.6. The van der Waals surface area contributed by atoms with Crippen LogP contribution in [0.15, 0.2) is 78.4 Å². The number of nitrogens with zero attached hydrogens (tertiary/aromatic N) is 1. The Labute approximate surface area is 200 Å². The molecule has 168 valence electrons. The Balaban J connectivity index is 1.24. The van der Waals surface area contributed by atoms with Gasteiger partial charge < -0.3 is 4.74 Å². The van der Waals surface area contributed by atoms with E-state index >= 15 is 0 Å². The molecule has 3 aromatic rings. The van der Waals surface area contributed by atoms with Gasteiger partial charge in [-0.2, -0.15) is 0 Å². The summed E-state index contributed by atoms with van der Waals surface area (Å²) in [7, 11) is 0. The maximum atomic E-state index is 11.3. The normalized spacial score (nSPS) is 16.3. The Hall–Kier alpha value is -2.88. The highest BCUT2D eigenvalue weighted by atomic mass is 35.5. The number of fused-ring (bicyclic) bond motifs is 1. The second-order valence-corrected chi connectivity index (χ2v) is 9.47. The summed E-state index contributed by atoms with van der Waals surface area (Å²) in [5.41, 5.74) is 9.09. The molecule has 0 N–H and O–H groups in total. The fraction of sp³-hybridized carbons (Fsp3) is 0.276. The third kappa shape index (κ3) is 4.90. The second kappa shape index (κ2) is 9.54. The predicted octanol–water partition coefficient (Wildman–Crippen LogP) is 6.35. The Morgan fingerprint density at radius 1 is 0.970 bits per heavy atom. The average molecular weight is 458 g/mol. The first-order valence-electron chi connectivity index (χ1n) is 11.6. The van der Waals surface area contributed by atoms with Crippen molar-refractivity contribution in [3.8, 4) is 16.9 Å². The average Bonchev–Trinajstić information content (AvgIpc) is 2.81. The van der Waals surface area contributed by atoms with Gasteiger partial charge in [-0.1, -0.05) is 60.2 Å². The lowest BCUT2D eigenvalue weighted by Gasteiger charge is -2.38. The molecule has 0 spiro atoms. The van der Waals surface area contributed by atoms with Crippen molar-refractivity contribution in [3.63, 3.8) is 0 Å². The monoisotopic (exact) mass is 457 g/mol. The van der Waals surface area contributed by atoms with E-state index in [1.54, 1.807) is 0 Å². The van der Waals surface area contributed by atoms with E-state index in [-0.39, 0.29) is 11.2 Å². The van der Waals surface area contributed by atoms with Gasteiger partial charge in [-0.05, 0) is 83.0 Å². The highest BCUT2D eigenvalue weighted by Crippen LogP contribution is 2.35. The van der Waals surface area contributed by atoms with Gasteiger partial charge in [-0.25, -0.2) is 0 Å². The molecule has 1 heterocycles. The molecule has 1 saturated heterocycles. The van der Waals surface area contributed by atoms with Gasteiger partial charge in [-0.15, -0.1) is 0 Å². The van der Waals surface area contributed by atoms with Crippen molar-refractivity contribution in [1.82, 2.24) is 4.90 Å². The van der Waals surface area contributed by atoms with Crippen molar-refractivity contribution in [1.29, 1.82) is 0 Å². The summed E-state index contributed by atoms with van der Waals surface area (Å²) in [5.74, 6) is 0.929. The minimum absolute atomic E-state index is 0.0107. The van der Waals surface area contributed by atoms with Gasteiger partial charge in [0.2, 0.25) is 5.24 Å². The highest BCUT2D eigenvalue weighted by molar-refractivity contribution is 6.64. The van der Waals surface area contributed by atoms with E-state index in [2.05, 4.69) is 78.6 Å². The van der Waals surface area contributed by atoms with Crippen molar-refractivity contribution < 1.29 is 9.53 Å². The lowest BCUT2D eigenvalue weighted by Crippen LogP contribution is -2.49. The number of aryl methyl sites for hydroxylation is 1. The summed E-state index contributed by atoms with van der Waals surface area (Å²) in [5, 5.41) is -0.203. The van der Waals surface area contributed by atoms with Gasteiger partial charge >= 0.3 is 0 Å². The van der Waals surface area contributed by atoms with Crippen LogP contribution in [0.5, 0.6) is 5.75 Å². The van der Waals surface area contributed by atoms with E-state index in [0.29, 0.717) is 6.61 Å². The topological polar surface area (TPSA) is 29.5 Å². The molecule has 0 unspecified atom stereocenters. The molecule has 0 amide bonds. The fourth-order valence-corrected chi connectivity index (χ4v) is 4.98. The minimum atomic E-state index is -0.203. The van der Waals surface area contributed by atoms with Crippen LogP contribution in [0.2, 0.25) is 0 Å². The zero-order chi connectivity index (χ0) is 22.8. The molecular weight excluding hydrogens is 430 g/mol. The van der Waals surface area contributed by atoms with E-state index < -0.39 is 0 Å². The molecule has 33 heavy (non-hydrogen) atoms. The predicted molar refractivity (Wildman–Crippen MR) is 134 cm³/mol. The van der Waals surface area contributed by atoms with Crippen LogP contribution in [0.1, 0.15) is 30.0 Å². The van der Waals surface area contributed by atoms with Crippen LogP contribution in [-0.2, 0) is 17.8 Å². The number of ether oxygens (including phenoxy) is 1. The van der Waals surface area contributed by atoms with Crippen LogP contribution in [0, 0.1) is 5.92 Å². The lowest BCUT2D eigenvalue weighted by molar-refractivity contribution is -0.119. The largest absolute Gasteiger partial charge is 0.489 e. The van der Waals surface area contributed by atoms with Gasteiger partial charge in [0.15, 0.2) is 0 Å². The van der Waals surface area contributed by atoms with Crippen LogP contribution >= 0.6 is 11.6 Å². The van der Waals surface area contributed by atoms with Crippen LogP contribution in [-0.4, -0.2) is 29.8 Å². The quantitative estimate of drug-likeness (QED) is 0.387. The van der Waals surface area contributed by atoms with Crippen molar-refractivity contribution in [2.75, 3.05) is 19.6 Å².